The van der Waals surface area contributed by atoms with Crippen LogP contribution in [-0.4, -0.2) is 16.0 Å². The molecule has 0 fully saturated rings. The zero-order valence-corrected chi connectivity index (χ0v) is 12.1. The van der Waals surface area contributed by atoms with Gasteiger partial charge in [-0.25, -0.2) is 0 Å². The number of fused-ring (bicyclic) bond motifs is 1. The van der Waals surface area contributed by atoms with E-state index in [2.05, 4.69) is 15.5 Å². The van der Waals surface area contributed by atoms with Crippen LogP contribution in [-0.2, 0) is 0 Å². The molecule has 0 aliphatic rings. The van der Waals surface area contributed by atoms with Crippen LogP contribution in [0.15, 0.2) is 33.2 Å². The summed E-state index contributed by atoms with van der Waals surface area (Å²) in [7, 11) is 0. The predicted octanol–water partition coefficient (Wildman–Crippen LogP) is 3.27. The van der Waals surface area contributed by atoms with Crippen LogP contribution in [0.25, 0.3) is 11.0 Å². The third-order valence-electron chi connectivity index (χ3n) is 2.96. The lowest BCUT2D eigenvalue weighted by Gasteiger charge is -2.07. The van der Waals surface area contributed by atoms with Gasteiger partial charge in [0.2, 0.25) is 5.89 Å². The van der Waals surface area contributed by atoms with E-state index >= 15 is 0 Å². The summed E-state index contributed by atoms with van der Waals surface area (Å²) < 4.78 is 10.5. The fraction of sp³-hybridized carbons (Fsp3) is 0.214. The number of carbonyl (C=O) groups excluding carboxylic acids is 1. The second-order valence-electron chi connectivity index (χ2n) is 4.67. The second-order valence-corrected chi connectivity index (χ2v) is 5.10. The molecule has 3 aromatic rings. The molecule has 6 nitrogen and oxygen atoms in total. The van der Waals surface area contributed by atoms with E-state index in [1.165, 1.54) is 0 Å². The first-order chi connectivity index (χ1) is 10.0. The van der Waals surface area contributed by atoms with Crippen LogP contribution in [0.5, 0.6) is 0 Å². The van der Waals surface area contributed by atoms with Crippen molar-refractivity contribution in [2.45, 2.75) is 19.9 Å². The highest BCUT2D eigenvalue weighted by Crippen LogP contribution is 2.23. The second kappa shape index (κ2) is 5.21. The van der Waals surface area contributed by atoms with Gasteiger partial charge in [-0.15, -0.1) is 0 Å². The van der Waals surface area contributed by atoms with Gasteiger partial charge < -0.3 is 14.3 Å². The molecule has 108 valence electrons. The minimum absolute atomic E-state index is 0.204. The summed E-state index contributed by atoms with van der Waals surface area (Å²) in [5.41, 5.74) is 0.603. The summed E-state index contributed by atoms with van der Waals surface area (Å²) in [5, 5.41) is 7.79. The highest BCUT2D eigenvalue weighted by atomic mass is 35.5. The Kier molecular flexibility index (Phi) is 3.39. The number of nitrogens with one attached hydrogen (secondary N) is 1. The van der Waals surface area contributed by atoms with E-state index in [1.807, 2.05) is 0 Å². The molecule has 0 unspecified atom stereocenters. The molecule has 0 saturated heterocycles. The summed E-state index contributed by atoms with van der Waals surface area (Å²) in [5.74, 6) is 0.713. The van der Waals surface area contributed by atoms with Crippen molar-refractivity contribution in [3.05, 3.63) is 46.8 Å². The van der Waals surface area contributed by atoms with Crippen LogP contribution in [0.2, 0.25) is 5.02 Å². The summed E-state index contributed by atoms with van der Waals surface area (Å²) in [6.07, 6.45) is 0. The Bertz CT molecular complexity index is 809. The fourth-order valence-electron chi connectivity index (χ4n) is 1.94. The van der Waals surface area contributed by atoms with Gasteiger partial charge >= 0.3 is 0 Å². The van der Waals surface area contributed by atoms with Crippen LogP contribution >= 0.6 is 11.6 Å². The molecular formula is C14H12ClN3O3. The van der Waals surface area contributed by atoms with Gasteiger partial charge in [-0.2, -0.15) is 4.98 Å². The quantitative estimate of drug-likeness (QED) is 0.803. The Morgan fingerprint density at radius 2 is 2.19 bits per heavy atom. The average molecular weight is 306 g/mol. The number of aryl methyl sites for hydroxylation is 1. The lowest BCUT2D eigenvalue weighted by atomic mass is 10.2. The fourth-order valence-corrected chi connectivity index (χ4v) is 2.13. The highest BCUT2D eigenvalue weighted by Gasteiger charge is 2.19. The van der Waals surface area contributed by atoms with Gasteiger partial charge in [-0.1, -0.05) is 16.8 Å². The SMILES string of the molecule is Cc1noc([C@@H](C)NC(=O)c2cc3cc(Cl)ccc3o2)n1. The van der Waals surface area contributed by atoms with Crippen molar-refractivity contribution in [3.8, 4) is 0 Å². The van der Waals surface area contributed by atoms with E-state index in [9.17, 15) is 4.79 Å². The van der Waals surface area contributed by atoms with E-state index in [0.717, 1.165) is 5.39 Å². The van der Waals surface area contributed by atoms with Gasteiger partial charge in [-0.05, 0) is 38.1 Å². The number of furan rings is 1. The van der Waals surface area contributed by atoms with Gasteiger partial charge in [0.15, 0.2) is 11.6 Å². The molecule has 2 aromatic heterocycles. The lowest BCUT2D eigenvalue weighted by Crippen LogP contribution is -2.26. The molecule has 0 aliphatic heterocycles. The molecule has 0 saturated carbocycles. The molecule has 3 rings (SSSR count). The molecule has 1 N–H and O–H groups in total. The Labute approximate surface area is 125 Å². The van der Waals surface area contributed by atoms with Crippen molar-refractivity contribution in [2.24, 2.45) is 0 Å². The first-order valence-corrected chi connectivity index (χ1v) is 6.71. The predicted molar refractivity (Wildman–Crippen MR) is 76.1 cm³/mol. The van der Waals surface area contributed by atoms with Gasteiger partial charge in [0.05, 0.1) is 0 Å². The first kappa shape index (κ1) is 13.6. The van der Waals surface area contributed by atoms with Gasteiger partial charge in [0.1, 0.15) is 11.6 Å². The Balaban J connectivity index is 1.80. The van der Waals surface area contributed by atoms with Crippen molar-refractivity contribution < 1.29 is 13.7 Å². The third-order valence-corrected chi connectivity index (χ3v) is 3.20. The molecule has 21 heavy (non-hydrogen) atoms. The normalized spacial score (nSPS) is 12.5. The number of amides is 1. The standard InChI is InChI=1S/C14H12ClN3O3/c1-7(14-17-8(2)18-21-14)16-13(19)12-6-9-5-10(15)3-4-11(9)20-12/h3-7H,1-2H3,(H,16,19)/t7-/m1/s1. The maximum absolute atomic E-state index is 12.2. The molecule has 0 aliphatic carbocycles. The van der Waals surface area contributed by atoms with Crippen LogP contribution < -0.4 is 5.32 Å². The monoisotopic (exact) mass is 305 g/mol. The van der Waals surface area contributed by atoms with Crippen molar-refractivity contribution in [1.29, 1.82) is 0 Å². The summed E-state index contributed by atoms with van der Waals surface area (Å²) >= 11 is 5.90. The third kappa shape index (κ3) is 2.75. The summed E-state index contributed by atoms with van der Waals surface area (Å²) in [6.45, 7) is 3.47. The van der Waals surface area contributed by atoms with Crippen molar-refractivity contribution in [1.82, 2.24) is 15.5 Å². The van der Waals surface area contributed by atoms with Gasteiger partial charge in [0.25, 0.3) is 5.91 Å². The van der Waals surface area contributed by atoms with E-state index in [4.69, 9.17) is 20.5 Å². The van der Waals surface area contributed by atoms with Crippen LogP contribution in [0.4, 0.5) is 0 Å². The maximum Gasteiger partial charge on any atom is 0.287 e. The number of benzene rings is 1. The number of carbonyl (C=O) groups is 1. The van der Waals surface area contributed by atoms with E-state index in [1.54, 1.807) is 38.1 Å². The molecule has 1 atom stereocenters. The minimum Gasteiger partial charge on any atom is -0.451 e. The topological polar surface area (TPSA) is 81.2 Å². The van der Waals surface area contributed by atoms with Crippen molar-refractivity contribution >= 4 is 28.5 Å². The Hall–Kier alpha value is -2.34. The van der Waals surface area contributed by atoms with Crippen LogP contribution in [0.1, 0.15) is 35.2 Å². The summed E-state index contributed by atoms with van der Waals surface area (Å²) in [4.78, 5) is 16.2. The minimum atomic E-state index is -0.407. The molecule has 7 heteroatoms. The average Bonchev–Trinajstić information content (AvgIpc) is 3.04. The highest BCUT2D eigenvalue weighted by molar-refractivity contribution is 6.31. The Morgan fingerprint density at radius 1 is 1.38 bits per heavy atom. The zero-order valence-electron chi connectivity index (χ0n) is 11.4. The van der Waals surface area contributed by atoms with Crippen LogP contribution in [0, 0.1) is 6.92 Å². The number of rotatable bonds is 3. The smallest absolute Gasteiger partial charge is 0.287 e. The number of nitrogens with zero attached hydrogens (tertiary/aromatic N) is 2. The van der Waals surface area contributed by atoms with Gasteiger partial charge in [0, 0.05) is 10.4 Å². The van der Waals surface area contributed by atoms with Crippen molar-refractivity contribution in [3.63, 3.8) is 0 Å². The van der Waals surface area contributed by atoms with E-state index < -0.39 is 6.04 Å². The molecule has 0 bridgehead atoms. The number of hydrogen-bond donors (Lipinski definition) is 1. The van der Waals surface area contributed by atoms with Gasteiger partial charge in [-0.3, -0.25) is 4.79 Å². The molecule has 0 radical (unpaired) electrons. The number of halogens is 1. The van der Waals surface area contributed by atoms with E-state index in [0.29, 0.717) is 22.3 Å². The van der Waals surface area contributed by atoms with Crippen LogP contribution in [0.3, 0.4) is 0 Å². The zero-order chi connectivity index (χ0) is 15.0. The first-order valence-electron chi connectivity index (χ1n) is 6.33. The molecule has 2 heterocycles. The molecule has 1 amide bonds. The number of hydrogen-bond acceptors (Lipinski definition) is 5. The number of aromatic nitrogens is 2. The van der Waals surface area contributed by atoms with Crippen molar-refractivity contribution in [2.75, 3.05) is 0 Å². The summed E-state index contributed by atoms with van der Waals surface area (Å²) in [6, 6.07) is 6.40. The maximum atomic E-state index is 12.2. The molecule has 0 spiro atoms. The Morgan fingerprint density at radius 3 is 2.90 bits per heavy atom. The molecule has 1 aromatic carbocycles. The molecular weight excluding hydrogens is 294 g/mol. The van der Waals surface area contributed by atoms with E-state index in [-0.39, 0.29) is 11.7 Å². The largest absolute Gasteiger partial charge is 0.451 e. The lowest BCUT2D eigenvalue weighted by molar-refractivity contribution is 0.0906.